The minimum Gasteiger partial charge on any atom is -0.508 e. The highest BCUT2D eigenvalue weighted by molar-refractivity contribution is 7.23. The van der Waals surface area contributed by atoms with E-state index in [9.17, 15) is 9.90 Å². The number of hydrogen-bond donors (Lipinski definition) is 3. The topological polar surface area (TPSA) is 106 Å². The van der Waals surface area contributed by atoms with Crippen molar-refractivity contribution in [2.45, 2.75) is 32.7 Å². The number of nitrogens with one attached hydrogen (secondary N) is 2. The van der Waals surface area contributed by atoms with E-state index in [1.165, 1.54) is 0 Å². The number of rotatable bonds is 6. The van der Waals surface area contributed by atoms with Crippen molar-refractivity contribution in [1.82, 2.24) is 24.5 Å². The van der Waals surface area contributed by atoms with Crippen LogP contribution in [0.5, 0.6) is 17.2 Å². The molecule has 0 aliphatic heterocycles. The SMILES string of the molecule is CC(C)(C)c1cc(NC(=O)NCc2ccccc2Oc2ccc3sc4nccn4c3c2)n(-c2ccc(O)cc2)n1. The van der Waals surface area contributed by atoms with E-state index in [0.29, 0.717) is 17.3 Å². The number of phenols is 1. The van der Waals surface area contributed by atoms with Gasteiger partial charge in [-0.25, -0.2) is 14.5 Å². The molecule has 3 aromatic carbocycles. The van der Waals surface area contributed by atoms with E-state index < -0.39 is 0 Å². The maximum atomic E-state index is 13.0. The number of ether oxygens (including phenoxy) is 1. The van der Waals surface area contributed by atoms with E-state index in [2.05, 4.69) is 36.4 Å². The monoisotopic (exact) mass is 552 g/mol. The fraction of sp³-hybridized carbons (Fsp3) is 0.167. The van der Waals surface area contributed by atoms with E-state index in [1.54, 1.807) is 46.5 Å². The van der Waals surface area contributed by atoms with Gasteiger partial charge >= 0.3 is 6.03 Å². The molecule has 0 saturated carbocycles. The number of thiazole rings is 1. The van der Waals surface area contributed by atoms with Gasteiger partial charge in [0.15, 0.2) is 4.96 Å². The number of para-hydroxylation sites is 1. The molecule has 0 aliphatic carbocycles. The smallest absolute Gasteiger partial charge is 0.320 e. The summed E-state index contributed by atoms with van der Waals surface area (Å²) in [7, 11) is 0. The number of imidazole rings is 1. The molecule has 0 fully saturated rings. The molecule has 3 aromatic heterocycles. The van der Waals surface area contributed by atoms with Gasteiger partial charge in [0.2, 0.25) is 0 Å². The molecule has 10 heteroatoms. The van der Waals surface area contributed by atoms with E-state index in [1.807, 2.05) is 59.1 Å². The van der Waals surface area contributed by atoms with Crippen LogP contribution in [-0.4, -0.2) is 30.3 Å². The Morgan fingerprint density at radius 1 is 1.05 bits per heavy atom. The average Bonchev–Trinajstić information content (AvgIpc) is 3.64. The minimum absolute atomic E-state index is 0.158. The molecule has 9 nitrogen and oxygen atoms in total. The fourth-order valence-electron chi connectivity index (χ4n) is 4.32. The number of carbonyl (C=O) groups is 1. The number of benzene rings is 3. The van der Waals surface area contributed by atoms with Gasteiger partial charge in [0.05, 0.1) is 21.6 Å². The third-order valence-electron chi connectivity index (χ3n) is 6.45. The third kappa shape index (κ3) is 5.08. The number of nitrogens with zero attached hydrogens (tertiary/aromatic N) is 4. The number of phenolic OH excluding ortho intramolecular Hbond substituents is 1. The zero-order chi connectivity index (χ0) is 27.9. The van der Waals surface area contributed by atoms with Crippen LogP contribution in [0.3, 0.4) is 0 Å². The molecule has 0 bridgehead atoms. The Morgan fingerprint density at radius 2 is 1.85 bits per heavy atom. The first-order valence-electron chi connectivity index (χ1n) is 12.8. The Balaban J connectivity index is 1.19. The van der Waals surface area contributed by atoms with Gasteiger partial charge in [0.1, 0.15) is 23.1 Å². The number of carbonyl (C=O) groups excluding carboxylic acids is 1. The molecular weight excluding hydrogens is 524 g/mol. The van der Waals surface area contributed by atoms with Crippen LogP contribution in [0.1, 0.15) is 32.0 Å². The van der Waals surface area contributed by atoms with Gasteiger partial charge < -0.3 is 15.2 Å². The molecule has 2 amide bonds. The van der Waals surface area contributed by atoms with Gasteiger partial charge in [-0.15, -0.1) is 0 Å². The second kappa shape index (κ2) is 10.0. The van der Waals surface area contributed by atoms with E-state index in [0.717, 1.165) is 32.1 Å². The molecule has 0 spiro atoms. The predicted octanol–water partition coefficient (Wildman–Crippen LogP) is 6.85. The molecular formula is C30H28N6O3S. The summed E-state index contributed by atoms with van der Waals surface area (Å²) < 4.78 is 11.1. The second-order valence-electron chi connectivity index (χ2n) is 10.4. The number of hydrogen-bond acceptors (Lipinski definition) is 6. The molecule has 0 unspecified atom stereocenters. The molecule has 40 heavy (non-hydrogen) atoms. The van der Waals surface area contributed by atoms with Crippen LogP contribution in [-0.2, 0) is 12.0 Å². The zero-order valence-electron chi connectivity index (χ0n) is 22.3. The van der Waals surface area contributed by atoms with Crippen molar-refractivity contribution in [2.75, 3.05) is 5.32 Å². The lowest BCUT2D eigenvalue weighted by Crippen LogP contribution is -2.29. The highest BCUT2D eigenvalue weighted by Gasteiger charge is 2.21. The van der Waals surface area contributed by atoms with E-state index in [4.69, 9.17) is 9.84 Å². The van der Waals surface area contributed by atoms with Gasteiger partial charge in [0, 0.05) is 42.0 Å². The van der Waals surface area contributed by atoms with Crippen molar-refractivity contribution < 1.29 is 14.6 Å². The van der Waals surface area contributed by atoms with Crippen molar-refractivity contribution >= 4 is 38.4 Å². The summed E-state index contributed by atoms with van der Waals surface area (Å²) in [6.45, 7) is 6.44. The highest BCUT2D eigenvalue weighted by Crippen LogP contribution is 2.32. The van der Waals surface area contributed by atoms with E-state index >= 15 is 0 Å². The first kappa shape index (κ1) is 25.4. The molecule has 6 rings (SSSR count). The normalized spacial score (nSPS) is 11.7. The van der Waals surface area contributed by atoms with Crippen LogP contribution in [0.4, 0.5) is 10.6 Å². The maximum absolute atomic E-state index is 13.0. The van der Waals surface area contributed by atoms with Crippen LogP contribution < -0.4 is 15.4 Å². The van der Waals surface area contributed by atoms with Crippen LogP contribution >= 0.6 is 11.3 Å². The Hall–Kier alpha value is -4.83. The number of fused-ring (bicyclic) bond motifs is 3. The second-order valence-corrected chi connectivity index (χ2v) is 11.4. The van der Waals surface area contributed by atoms with Gasteiger partial charge in [-0.2, -0.15) is 5.10 Å². The number of urea groups is 1. The van der Waals surface area contributed by atoms with Crippen molar-refractivity contribution in [3.05, 3.63) is 96.4 Å². The zero-order valence-corrected chi connectivity index (χ0v) is 23.1. The largest absolute Gasteiger partial charge is 0.508 e. The molecule has 0 radical (unpaired) electrons. The van der Waals surface area contributed by atoms with Crippen molar-refractivity contribution in [3.8, 4) is 22.9 Å². The molecule has 202 valence electrons. The number of amides is 2. The molecule has 0 aliphatic rings. The van der Waals surface area contributed by atoms with Crippen LogP contribution in [0.25, 0.3) is 20.9 Å². The maximum Gasteiger partial charge on any atom is 0.320 e. The van der Waals surface area contributed by atoms with Crippen molar-refractivity contribution in [1.29, 1.82) is 0 Å². The summed E-state index contributed by atoms with van der Waals surface area (Å²) in [5.41, 5.74) is 3.19. The van der Waals surface area contributed by atoms with Gasteiger partial charge in [-0.3, -0.25) is 9.72 Å². The average molecular weight is 553 g/mol. The minimum atomic E-state index is -0.377. The van der Waals surface area contributed by atoms with Crippen molar-refractivity contribution in [3.63, 3.8) is 0 Å². The Bertz CT molecular complexity index is 1830. The summed E-state index contributed by atoms with van der Waals surface area (Å²) in [6.07, 6.45) is 3.72. The summed E-state index contributed by atoms with van der Waals surface area (Å²) in [5.74, 6) is 2.03. The van der Waals surface area contributed by atoms with Crippen LogP contribution in [0.15, 0.2) is 85.2 Å². The van der Waals surface area contributed by atoms with Gasteiger partial charge in [-0.05, 0) is 42.5 Å². The summed E-state index contributed by atoms with van der Waals surface area (Å²) in [6, 6.07) is 21.7. The highest BCUT2D eigenvalue weighted by atomic mass is 32.1. The summed E-state index contributed by atoms with van der Waals surface area (Å²) in [5, 5.41) is 20.3. The first-order chi connectivity index (χ1) is 19.2. The number of anilines is 1. The summed E-state index contributed by atoms with van der Waals surface area (Å²) >= 11 is 1.63. The van der Waals surface area contributed by atoms with Crippen LogP contribution in [0, 0.1) is 0 Å². The Kier molecular flexibility index (Phi) is 6.39. The summed E-state index contributed by atoms with van der Waals surface area (Å²) in [4.78, 5) is 18.3. The number of aromatic nitrogens is 4. The Morgan fingerprint density at radius 3 is 2.65 bits per heavy atom. The lowest BCUT2D eigenvalue weighted by Gasteiger charge is -2.14. The number of aromatic hydroxyl groups is 1. The quantitative estimate of drug-likeness (QED) is 0.210. The van der Waals surface area contributed by atoms with Gasteiger partial charge in [0.25, 0.3) is 0 Å². The van der Waals surface area contributed by atoms with Crippen LogP contribution in [0.2, 0.25) is 0 Å². The fourth-order valence-corrected chi connectivity index (χ4v) is 5.29. The molecule has 6 aromatic rings. The predicted molar refractivity (Wildman–Crippen MR) is 157 cm³/mol. The van der Waals surface area contributed by atoms with E-state index in [-0.39, 0.29) is 23.7 Å². The molecule has 0 atom stereocenters. The molecule has 0 saturated heterocycles. The van der Waals surface area contributed by atoms with Gasteiger partial charge in [-0.1, -0.05) is 50.3 Å². The standard InChI is InChI=1S/C30H28N6O3S/c1-30(2,3)26-17-27(36(34-26)20-8-10-21(37)11-9-20)33-28(38)32-18-19-6-4-5-7-24(19)39-22-12-13-25-23(16-22)35-15-14-31-29(35)40-25/h4-17,37H,18H2,1-3H3,(H2,32,33,38). The molecule has 3 heterocycles. The lowest BCUT2D eigenvalue weighted by atomic mass is 9.92. The first-order valence-corrected chi connectivity index (χ1v) is 13.6. The lowest BCUT2D eigenvalue weighted by molar-refractivity contribution is 0.251. The third-order valence-corrected chi connectivity index (χ3v) is 7.50. The molecule has 3 N–H and O–H groups in total. The Labute approximate surface area is 234 Å². The van der Waals surface area contributed by atoms with Crippen molar-refractivity contribution in [2.24, 2.45) is 0 Å².